The normalized spacial score (nSPS) is 12.1. The summed E-state index contributed by atoms with van der Waals surface area (Å²) in [6.45, 7) is 3.83. The Morgan fingerprint density at radius 2 is 2.19 bits per heavy atom. The molecule has 0 aliphatic heterocycles. The van der Waals surface area contributed by atoms with Crippen LogP contribution in [0, 0.1) is 17.0 Å². The first-order valence-electron chi connectivity index (χ1n) is 7.97. The summed E-state index contributed by atoms with van der Waals surface area (Å²) in [6.07, 6.45) is 2.22. The van der Waals surface area contributed by atoms with Gasteiger partial charge in [-0.2, -0.15) is 5.10 Å². The van der Waals surface area contributed by atoms with Crippen molar-refractivity contribution >= 4 is 29.1 Å². The van der Waals surface area contributed by atoms with Gasteiger partial charge in [-0.1, -0.05) is 29.4 Å². The molecule has 0 amide bonds. The summed E-state index contributed by atoms with van der Waals surface area (Å²) in [6, 6.07) is 5.58. The molecule has 0 aliphatic carbocycles. The molecule has 2 heterocycles. The van der Waals surface area contributed by atoms with Gasteiger partial charge in [0.2, 0.25) is 0 Å². The Morgan fingerprint density at radius 1 is 1.41 bits per heavy atom. The Labute approximate surface area is 164 Å². The van der Waals surface area contributed by atoms with Crippen LogP contribution in [0.5, 0.6) is 5.75 Å². The topological polar surface area (TPSA) is 101 Å². The van der Waals surface area contributed by atoms with E-state index < -0.39 is 4.92 Å². The van der Waals surface area contributed by atoms with Gasteiger partial charge < -0.3 is 9.30 Å². The van der Waals surface area contributed by atoms with E-state index in [0.717, 1.165) is 5.56 Å². The van der Waals surface area contributed by atoms with Crippen LogP contribution in [0.4, 0.5) is 5.69 Å². The van der Waals surface area contributed by atoms with Crippen LogP contribution in [0.25, 0.3) is 0 Å². The zero-order valence-electron chi connectivity index (χ0n) is 14.9. The molecular formula is C16H17ClN6O3S. The molecule has 1 unspecified atom stereocenters. The summed E-state index contributed by atoms with van der Waals surface area (Å²) in [4.78, 5) is 10.2. The van der Waals surface area contributed by atoms with E-state index in [2.05, 4.69) is 15.3 Å². The number of rotatable bonds is 7. The average molecular weight is 409 g/mol. The molecule has 0 N–H and O–H groups in total. The number of aromatic nitrogens is 5. The molecule has 0 aliphatic rings. The predicted octanol–water partition coefficient (Wildman–Crippen LogP) is 3.77. The van der Waals surface area contributed by atoms with Crippen molar-refractivity contribution in [2.45, 2.75) is 31.0 Å². The zero-order valence-corrected chi connectivity index (χ0v) is 16.4. The van der Waals surface area contributed by atoms with Gasteiger partial charge in [-0.05, 0) is 31.5 Å². The molecule has 2 aromatic heterocycles. The van der Waals surface area contributed by atoms with Crippen molar-refractivity contribution in [3.8, 4) is 5.75 Å². The van der Waals surface area contributed by atoms with Gasteiger partial charge in [0.05, 0.1) is 15.8 Å². The second kappa shape index (κ2) is 7.97. The molecule has 0 saturated heterocycles. The predicted molar refractivity (Wildman–Crippen MR) is 101 cm³/mol. The van der Waals surface area contributed by atoms with Gasteiger partial charge in [0, 0.05) is 7.05 Å². The first kappa shape index (κ1) is 19.2. The summed E-state index contributed by atoms with van der Waals surface area (Å²) in [5.74, 6) is 1.60. The number of halogens is 1. The number of thioether (sulfide) groups is 1. The van der Waals surface area contributed by atoms with Crippen molar-refractivity contribution in [3.63, 3.8) is 0 Å². The van der Waals surface area contributed by atoms with Gasteiger partial charge in [0.15, 0.2) is 17.1 Å². The third-order valence-electron chi connectivity index (χ3n) is 3.78. The van der Waals surface area contributed by atoms with E-state index in [1.165, 1.54) is 28.8 Å². The average Bonchev–Trinajstić information content (AvgIpc) is 3.23. The van der Waals surface area contributed by atoms with Crippen molar-refractivity contribution in [1.29, 1.82) is 0 Å². The van der Waals surface area contributed by atoms with Gasteiger partial charge in [0.25, 0.3) is 0 Å². The van der Waals surface area contributed by atoms with Gasteiger partial charge >= 0.3 is 5.69 Å². The van der Waals surface area contributed by atoms with Gasteiger partial charge in [-0.15, -0.1) is 10.2 Å². The Morgan fingerprint density at radius 3 is 2.89 bits per heavy atom. The first-order valence-corrected chi connectivity index (χ1v) is 9.33. The number of ether oxygens (including phenoxy) is 1. The first-order chi connectivity index (χ1) is 12.8. The van der Waals surface area contributed by atoms with Gasteiger partial charge in [-0.25, -0.2) is 0 Å². The van der Waals surface area contributed by atoms with E-state index >= 15 is 0 Å². The highest BCUT2D eigenvalue weighted by molar-refractivity contribution is 7.98. The number of aryl methyl sites for hydroxylation is 1. The molecule has 3 rings (SSSR count). The van der Waals surface area contributed by atoms with Crippen LogP contribution in [0.1, 0.15) is 24.4 Å². The highest BCUT2D eigenvalue weighted by Gasteiger charge is 2.19. The van der Waals surface area contributed by atoms with Crippen molar-refractivity contribution in [2.24, 2.45) is 7.05 Å². The molecule has 0 spiro atoms. The molecule has 0 radical (unpaired) electrons. The number of benzene rings is 1. The lowest BCUT2D eigenvalue weighted by Gasteiger charge is -2.15. The van der Waals surface area contributed by atoms with Crippen molar-refractivity contribution in [2.75, 3.05) is 0 Å². The van der Waals surface area contributed by atoms with Crippen LogP contribution in [-0.4, -0.2) is 29.5 Å². The number of nitro groups is 1. The van der Waals surface area contributed by atoms with Crippen LogP contribution >= 0.6 is 23.4 Å². The quantitative estimate of drug-likeness (QED) is 0.333. The third-order valence-corrected chi connectivity index (χ3v) is 5.10. The number of hydrogen-bond donors (Lipinski definition) is 0. The molecule has 0 saturated carbocycles. The highest BCUT2D eigenvalue weighted by Crippen LogP contribution is 2.30. The van der Waals surface area contributed by atoms with Gasteiger partial charge in [0.1, 0.15) is 18.1 Å². The fourth-order valence-corrected chi connectivity index (χ4v) is 3.33. The molecule has 9 nitrogen and oxygen atoms in total. The van der Waals surface area contributed by atoms with Crippen LogP contribution in [0.2, 0.25) is 5.02 Å². The Bertz CT molecular complexity index is 973. The highest BCUT2D eigenvalue weighted by atomic mass is 35.5. The number of nitrogens with zero attached hydrogens (tertiary/aromatic N) is 6. The molecular weight excluding hydrogens is 392 g/mol. The van der Waals surface area contributed by atoms with E-state index in [4.69, 9.17) is 16.3 Å². The minimum atomic E-state index is -0.482. The minimum Gasteiger partial charge on any atom is -0.481 e. The van der Waals surface area contributed by atoms with E-state index in [9.17, 15) is 10.1 Å². The number of hydrogen-bond acceptors (Lipinski definition) is 7. The fraction of sp³-hybridized carbons (Fsp3) is 0.312. The molecule has 1 atom stereocenters. The van der Waals surface area contributed by atoms with E-state index in [1.807, 2.05) is 37.6 Å². The lowest BCUT2D eigenvalue weighted by atomic mass is 10.2. The van der Waals surface area contributed by atoms with Crippen molar-refractivity contribution in [3.05, 3.63) is 57.1 Å². The van der Waals surface area contributed by atoms with E-state index in [1.54, 1.807) is 6.07 Å². The zero-order chi connectivity index (χ0) is 19.6. The molecule has 142 valence electrons. The largest absolute Gasteiger partial charge is 0.481 e. The summed E-state index contributed by atoms with van der Waals surface area (Å²) in [7, 11) is 1.83. The summed E-state index contributed by atoms with van der Waals surface area (Å²) < 4.78 is 9.23. The van der Waals surface area contributed by atoms with E-state index in [0.29, 0.717) is 27.6 Å². The molecule has 1 aromatic carbocycles. The van der Waals surface area contributed by atoms with Crippen molar-refractivity contribution in [1.82, 2.24) is 24.5 Å². The van der Waals surface area contributed by atoms with Crippen LogP contribution in [0.3, 0.4) is 0 Å². The van der Waals surface area contributed by atoms with Crippen molar-refractivity contribution < 1.29 is 9.66 Å². The van der Waals surface area contributed by atoms with Crippen LogP contribution in [-0.2, 0) is 12.9 Å². The molecule has 0 fully saturated rings. The van der Waals surface area contributed by atoms with Gasteiger partial charge in [-0.3, -0.25) is 14.8 Å². The Hall–Kier alpha value is -2.59. The smallest absolute Gasteiger partial charge is 0.307 e. The second-order valence-electron chi connectivity index (χ2n) is 5.86. The molecule has 0 bridgehead atoms. The molecule has 3 aromatic rings. The SMILES string of the molecule is Cc1ccc(Cl)c(OC(C)c2nnc(SCn3cc([N+](=O)[O-])cn3)n2C)c1. The Kier molecular flexibility index (Phi) is 5.66. The molecule has 11 heteroatoms. The minimum absolute atomic E-state index is 0.0497. The molecule has 27 heavy (non-hydrogen) atoms. The standard InChI is InChI=1S/C16H17ClN6O3S/c1-10-4-5-13(17)14(6-10)26-11(2)15-19-20-16(21(15)3)27-9-22-8-12(7-18-22)23(24)25/h4-8,11H,9H2,1-3H3. The maximum atomic E-state index is 10.7. The monoisotopic (exact) mass is 408 g/mol. The lowest BCUT2D eigenvalue weighted by Crippen LogP contribution is -2.10. The Balaban J connectivity index is 1.68. The second-order valence-corrected chi connectivity index (χ2v) is 7.18. The maximum Gasteiger partial charge on any atom is 0.307 e. The summed E-state index contributed by atoms with van der Waals surface area (Å²) in [5.41, 5.74) is 0.996. The summed E-state index contributed by atoms with van der Waals surface area (Å²) >= 11 is 7.55. The maximum absolute atomic E-state index is 10.7. The summed E-state index contributed by atoms with van der Waals surface area (Å²) in [5, 5.41) is 24.2. The third kappa shape index (κ3) is 4.40. The lowest BCUT2D eigenvalue weighted by molar-refractivity contribution is -0.385. The van der Waals surface area contributed by atoms with Crippen LogP contribution < -0.4 is 4.74 Å². The fourth-order valence-electron chi connectivity index (χ4n) is 2.39. The van der Waals surface area contributed by atoms with Crippen LogP contribution in [0.15, 0.2) is 35.7 Å². The van der Waals surface area contributed by atoms with E-state index in [-0.39, 0.29) is 11.8 Å².